The van der Waals surface area contributed by atoms with Crippen LogP contribution in [0.1, 0.15) is 28.8 Å². The highest BCUT2D eigenvalue weighted by atomic mass is 35.5. The summed E-state index contributed by atoms with van der Waals surface area (Å²) in [4.78, 5) is 4.82. The molecule has 0 bridgehead atoms. The number of piperazine rings is 1. The van der Waals surface area contributed by atoms with Gasteiger partial charge in [0, 0.05) is 32.7 Å². The Morgan fingerprint density at radius 2 is 1.44 bits per heavy atom. The molecule has 1 heterocycles. The molecule has 4 rings (SSSR count). The standard InChI is InChI=1S/C26H30N2O3.ClH/c1-31-24-13-7-20(8-14-24)19-27-15-17-28(18-16-27)25(21-5-3-2-4-6-21)26(30)22-9-11-23(29)12-10-22;/h2-14,25-26,29-30H,15-19H2,1H3;1H. The minimum absolute atomic E-state index is 0. The normalized spacial score (nSPS) is 16.7. The van der Waals surface area contributed by atoms with Crippen LogP contribution in [0.15, 0.2) is 78.9 Å². The molecule has 0 radical (unpaired) electrons. The van der Waals surface area contributed by atoms with Crippen molar-refractivity contribution in [3.8, 4) is 11.5 Å². The number of hydrogen-bond acceptors (Lipinski definition) is 5. The maximum absolute atomic E-state index is 11.3. The second kappa shape index (κ2) is 11.3. The Morgan fingerprint density at radius 1 is 0.812 bits per heavy atom. The first kappa shape index (κ1) is 24.1. The van der Waals surface area contributed by atoms with Gasteiger partial charge in [-0.3, -0.25) is 9.80 Å². The predicted molar refractivity (Wildman–Crippen MR) is 129 cm³/mol. The van der Waals surface area contributed by atoms with Crippen molar-refractivity contribution in [3.05, 3.63) is 95.6 Å². The summed E-state index contributed by atoms with van der Waals surface area (Å²) in [5.41, 5.74) is 3.19. The zero-order chi connectivity index (χ0) is 21.6. The van der Waals surface area contributed by atoms with Crippen LogP contribution in [0.2, 0.25) is 0 Å². The molecule has 2 unspecified atom stereocenters. The maximum Gasteiger partial charge on any atom is 0.118 e. The summed E-state index contributed by atoms with van der Waals surface area (Å²) in [6.07, 6.45) is -0.670. The number of halogens is 1. The number of phenols is 1. The van der Waals surface area contributed by atoms with Gasteiger partial charge in [-0.25, -0.2) is 0 Å². The number of ether oxygens (including phenoxy) is 1. The molecule has 0 spiro atoms. The van der Waals surface area contributed by atoms with Gasteiger partial charge in [0.25, 0.3) is 0 Å². The van der Waals surface area contributed by atoms with Gasteiger partial charge >= 0.3 is 0 Å². The summed E-state index contributed by atoms with van der Waals surface area (Å²) in [5, 5.41) is 20.9. The number of aromatic hydroxyl groups is 1. The van der Waals surface area contributed by atoms with Crippen LogP contribution in [-0.2, 0) is 6.54 Å². The average molecular weight is 455 g/mol. The SMILES string of the molecule is COc1ccc(CN2CCN(C(c3ccccc3)C(O)c3ccc(O)cc3)CC2)cc1.Cl. The molecule has 1 aliphatic heterocycles. The van der Waals surface area contributed by atoms with Gasteiger partial charge in [0.05, 0.1) is 19.3 Å². The van der Waals surface area contributed by atoms with Gasteiger partial charge in [0.15, 0.2) is 0 Å². The lowest BCUT2D eigenvalue weighted by Crippen LogP contribution is -2.48. The van der Waals surface area contributed by atoms with Gasteiger partial charge in [-0.2, -0.15) is 0 Å². The molecule has 0 aliphatic carbocycles. The van der Waals surface area contributed by atoms with Crippen molar-refractivity contribution in [3.63, 3.8) is 0 Å². The Hall–Kier alpha value is -2.57. The van der Waals surface area contributed by atoms with E-state index in [0.29, 0.717) is 0 Å². The van der Waals surface area contributed by atoms with Gasteiger partial charge in [0.1, 0.15) is 11.5 Å². The second-order valence-corrected chi connectivity index (χ2v) is 8.05. The Labute approximate surface area is 196 Å². The Balaban J connectivity index is 0.00000289. The number of aliphatic hydroxyl groups is 1. The third-order valence-corrected chi connectivity index (χ3v) is 6.04. The molecule has 1 aliphatic rings. The van der Waals surface area contributed by atoms with Crippen molar-refractivity contribution in [2.45, 2.75) is 18.7 Å². The minimum atomic E-state index is -0.670. The van der Waals surface area contributed by atoms with Crippen LogP contribution in [-0.4, -0.2) is 53.3 Å². The summed E-state index contributed by atoms with van der Waals surface area (Å²) in [5.74, 6) is 1.09. The van der Waals surface area contributed by atoms with Crippen LogP contribution in [0.3, 0.4) is 0 Å². The summed E-state index contributed by atoms with van der Waals surface area (Å²) in [7, 11) is 1.68. The maximum atomic E-state index is 11.3. The fourth-order valence-electron chi connectivity index (χ4n) is 4.29. The number of rotatable bonds is 7. The zero-order valence-corrected chi connectivity index (χ0v) is 19.1. The molecule has 6 heteroatoms. The van der Waals surface area contributed by atoms with E-state index in [9.17, 15) is 10.2 Å². The van der Waals surface area contributed by atoms with E-state index in [1.807, 2.05) is 30.3 Å². The van der Waals surface area contributed by atoms with E-state index in [1.54, 1.807) is 31.4 Å². The van der Waals surface area contributed by atoms with Crippen molar-refractivity contribution in [2.75, 3.05) is 33.3 Å². The highest BCUT2D eigenvalue weighted by Gasteiger charge is 2.31. The molecule has 0 aromatic heterocycles. The van der Waals surface area contributed by atoms with Crippen LogP contribution >= 0.6 is 12.4 Å². The minimum Gasteiger partial charge on any atom is -0.508 e. The largest absolute Gasteiger partial charge is 0.508 e. The number of aliphatic hydroxyl groups excluding tert-OH is 1. The third-order valence-electron chi connectivity index (χ3n) is 6.04. The van der Waals surface area contributed by atoms with Crippen LogP contribution in [0.5, 0.6) is 11.5 Å². The quantitative estimate of drug-likeness (QED) is 0.553. The van der Waals surface area contributed by atoms with Crippen molar-refractivity contribution in [1.82, 2.24) is 9.80 Å². The molecule has 1 saturated heterocycles. The molecule has 0 saturated carbocycles. The fourth-order valence-corrected chi connectivity index (χ4v) is 4.29. The van der Waals surface area contributed by atoms with E-state index < -0.39 is 6.10 Å². The van der Waals surface area contributed by atoms with Gasteiger partial charge in [-0.15, -0.1) is 12.4 Å². The third kappa shape index (κ3) is 5.81. The average Bonchev–Trinajstić information content (AvgIpc) is 2.82. The van der Waals surface area contributed by atoms with Crippen molar-refractivity contribution in [2.24, 2.45) is 0 Å². The van der Waals surface area contributed by atoms with Crippen molar-refractivity contribution >= 4 is 12.4 Å². The molecule has 170 valence electrons. The summed E-state index contributed by atoms with van der Waals surface area (Å²) < 4.78 is 5.25. The van der Waals surface area contributed by atoms with Gasteiger partial charge < -0.3 is 14.9 Å². The molecule has 2 atom stereocenters. The molecule has 5 nitrogen and oxygen atoms in total. The van der Waals surface area contributed by atoms with E-state index in [-0.39, 0.29) is 24.2 Å². The molecular formula is C26H31ClN2O3. The number of benzene rings is 3. The lowest BCUT2D eigenvalue weighted by Gasteiger charge is -2.41. The van der Waals surface area contributed by atoms with Crippen LogP contribution in [0, 0.1) is 0 Å². The first-order valence-corrected chi connectivity index (χ1v) is 10.8. The number of phenolic OH excluding ortho intramolecular Hbond substituents is 1. The van der Waals surface area contributed by atoms with Gasteiger partial charge in [-0.1, -0.05) is 54.6 Å². The van der Waals surface area contributed by atoms with E-state index in [0.717, 1.165) is 49.6 Å². The van der Waals surface area contributed by atoms with Crippen LogP contribution < -0.4 is 4.74 Å². The summed E-state index contributed by atoms with van der Waals surface area (Å²) >= 11 is 0. The molecule has 32 heavy (non-hydrogen) atoms. The van der Waals surface area contributed by atoms with E-state index >= 15 is 0 Å². The smallest absolute Gasteiger partial charge is 0.118 e. The monoisotopic (exact) mass is 454 g/mol. The fraction of sp³-hybridized carbons (Fsp3) is 0.308. The molecule has 3 aromatic carbocycles. The van der Waals surface area contributed by atoms with Crippen LogP contribution in [0.25, 0.3) is 0 Å². The molecule has 3 aromatic rings. The number of nitrogens with zero attached hydrogens (tertiary/aromatic N) is 2. The number of hydrogen-bond donors (Lipinski definition) is 2. The molecular weight excluding hydrogens is 424 g/mol. The van der Waals surface area contributed by atoms with Crippen molar-refractivity contribution < 1.29 is 14.9 Å². The van der Waals surface area contributed by atoms with Crippen molar-refractivity contribution in [1.29, 1.82) is 0 Å². The predicted octanol–water partition coefficient (Wildman–Crippen LogP) is 4.42. The Kier molecular flexibility index (Phi) is 8.53. The lowest BCUT2D eigenvalue weighted by molar-refractivity contribution is 0.0148. The Morgan fingerprint density at radius 3 is 2.03 bits per heavy atom. The Bertz CT molecular complexity index is 943. The first-order chi connectivity index (χ1) is 15.1. The molecule has 0 amide bonds. The number of methoxy groups -OCH3 is 1. The van der Waals surface area contributed by atoms with Gasteiger partial charge in [-0.05, 0) is 41.0 Å². The van der Waals surface area contributed by atoms with E-state index in [4.69, 9.17) is 4.74 Å². The highest BCUT2D eigenvalue weighted by Crippen LogP contribution is 2.35. The highest BCUT2D eigenvalue weighted by molar-refractivity contribution is 5.85. The lowest BCUT2D eigenvalue weighted by atomic mass is 9.93. The summed E-state index contributed by atoms with van der Waals surface area (Å²) in [6.45, 7) is 4.55. The second-order valence-electron chi connectivity index (χ2n) is 8.05. The molecule has 1 fully saturated rings. The topological polar surface area (TPSA) is 56.2 Å². The molecule has 2 N–H and O–H groups in total. The zero-order valence-electron chi connectivity index (χ0n) is 18.3. The first-order valence-electron chi connectivity index (χ1n) is 10.8. The van der Waals surface area contributed by atoms with E-state index in [2.05, 4.69) is 34.1 Å². The summed E-state index contributed by atoms with van der Waals surface area (Å²) in [6, 6.07) is 25.2. The van der Waals surface area contributed by atoms with Gasteiger partial charge in [0.2, 0.25) is 0 Å². The van der Waals surface area contributed by atoms with E-state index in [1.165, 1.54) is 5.56 Å². The van der Waals surface area contributed by atoms with Crippen LogP contribution in [0.4, 0.5) is 0 Å².